The summed E-state index contributed by atoms with van der Waals surface area (Å²) in [4.78, 5) is 0. The van der Waals surface area contributed by atoms with Gasteiger partial charge in [0.25, 0.3) is 0 Å². The van der Waals surface area contributed by atoms with Crippen LogP contribution in [0.25, 0.3) is 0 Å². The molecule has 90 valence electrons. The molecule has 1 atom stereocenters. The van der Waals surface area contributed by atoms with Gasteiger partial charge in [0.2, 0.25) is 0 Å². The Kier molecular flexibility index (Phi) is 6.58. The summed E-state index contributed by atoms with van der Waals surface area (Å²) in [6.07, 6.45) is 3.41. The van der Waals surface area contributed by atoms with Crippen molar-refractivity contribution < 1.29 is 0 Å². The highest BCUT2D eigenvalue weighted by Crippen LogP contribution is 2.21. The van der Waals surface area contributed by atoms with Gasteiger partial charge in [-0.15, -0.1) is 0 Å². The third-order valence-corrected chi connectivity index (χ3v) is 3.41. The van der Waals surface area contributed by atoms with Crippen LogP contribution in [0.2, 0.25) is 0 Å². The molecule has 0 radical (unpaired) electrons. The minimum absolute atomic E-state index is 0.489. The monoisotopic (exact) mass is 237 g/mol. The van der Waals surface area contributed by atoms with Crippen LogP contribution in [0.3, 0.4) is 0 Å². The Balaban J connectivity index is 2.49. The Bertz CT molecular complexity index is 271. The lowest BCUT2D eigenvalue weighted by molar-refractivity contribution is 0.413. The van der Waals surface area contributed by atoms with Crippen LogP contribution in [0.4, 0.5) is 0 Å². The number of benzene rings is 1. The molecule has 0 bridgehead atoms. The van der Waals surface area contributed by atoms with Crippen molar-refractivity contribution in [3.8, 4) is 0 Å². The first-order valence-corrected chi connectivity index (χ1v) is 7.42. The quantitative estimate of drug-likeness (QED) is 0.725. The molecule has 0 aromatic heterocycles. The molecule has 0 amide bonds. The van der Waals surface area contributed by atoms with Crippen LogP contribution < -0.4 is 5.32 Å². The minimum atomic E-state index is 0.489. The molecule has 1 nitrogen and oxygen atoms in total. The molecule has 2 heteroatoms. The smallest absolute Gasteiger partial charge is 0.0343 e. The zero-order valence-corrected chi connectivity index (χ0v) is 11.4. The van der Waals surface area contributed by atoms with Crippen LogP contribution in [0.1, 0.15) is 31.9 Å². The van der Waals surface area contributed by atoms with E-state index in [4.69, 9.17) is 0 Å². The Morgan fingerprint density at radius 2 is 1.88 bits per heavy atom. The van der Waals surface area contributed by atoms with E-state index >= 15 is 0 Å². The van der Waals surface area contributed by atoms with Gasteiger partial charge in [0.15, 0.2) is 0 Å². The summed E-state index contributed by atoms with van der Waals surface area (Å²) >= 11 is 1.92. The maximum absolute atomic E-state index is 3.66. The van der Waals surface area contributed by atoms with Gasteiger partial charge in [-0.25, -0.2) is 0 Å². The fourth-order valence-electron chi connectivity index (χ4n) is 1.87. The van der Waals surface area contributed by atoms with E-state index in [0.717, 1.165) is 6.54 Å². The largest absolute Gasteiger partial charge is 0.310 e. The topological polar surface area (TPSA) is 12.0 Å². The van der Waals surface area contributed by atoms with Crippen molar-refractivity contribution in [2.75, 3.05) is 18.6 Å². The maximum Gasteiger partial charge on any atom is 0.0343 e. The van der Waals surface area contributed by atoms with E-state index < -0.39 is 0 Å². The molecule has 1 rings (SSSR count). The van der Waals surface area contributed by atoms with E-state index in [1.165, 1.54) is 17.7 Å². The molecule has 0 saturated heterocycles. The van der Waals surface area contributed by atoms with Gasteiger partial charge in [-0.1, -0.05) is 44.2 Å². The minimum Gasteiger partial charge on any atom is -0.310 e. The van der Waals surface area contributed by atoms with Crippen molar-refractivity contribution >= 4 is 11.8 Å². The molecule has 1 unspecified atom stereocenters. The van der Waals surface area contributed by atoms with Crippen LogP contribution in [0.15, 0.2) is 30.3 Å². The van der Waals surface area contributed by atoms with Crippen LogP contribution >= 0.6 is 11.8 Å². The summed E-state index contributed by atoms with van der Waals surface area (Å²) in [5.74, 6) is 1.88. The van der Waals surface area contributed by atoms with Gasteiger partial charge in [-0.05, 0) is 36.5 Å². The first-order chi connectivity index (χ1) is 7.75. The SMILES string of the molecule is CSCCCNC(c1ccccc1)C(C)C. The van der Waals surface area contributed by atoms with Gasteiger partial charge in [0, 0.05) is 6.04 Å². The number of hydrogen-bond acceptors (Lipinski definition) is 2. The van der Waals surface area contributed by atoms with Crippen LogP contribution in [0, 0.1) is 5.92 Å². The first-order valence-electron chi connectivity index (χ1n) is 6.03. The van der Waals surface area contributed by atoms with Crippen molar-refractivity contribution in [2.45, 2.75) is 26.3 Å². The number of rotatable bonds is 7. The molecule has 0 aliphatic carbocycles. The average Bonchev–Trinajstić information content (AvgIpc) is 2.30. The first kappa shape index (κ1) is 13.6. The third kappa shape index (κ3) is 4.58. The lowest BCUT2D eigenvalue weighted by atomic mass is 9.96. The van der Waals surface area contributed by atoms with E-state index in [1.54, 1.807) is 0 Å². The number of thioether (sulfide) groups is 1. The molecular weight excluding hydrogens is 214 g/mol. The highest BCUT2D eigenvalue weighted by Gasteiger charge is 2.13. The summed E-state index contributed by atoms with van der Waals surface area (Å²) in [6.45, 7) is 5.66. The van der Waals surface area contributed by atoms with Gasteiger partial charge >= 0.3 is 0 Å². The fraction of sp³-hybridized carbons (Fsp3) is 0.571. The van der Waals surface area contributed by atoms with Gasteiger partial charge < -0.3 is 5.32 Å². The molecule has 0 fully saturated rings. The summed E-state index contributed by atoms with van der Waals surface area (Å²) in [5, 5.41) is 3.66. The standard InChI is InChI=1S/C14H23NS/c1-12(2)14(15-10-7-11-16-3)13-8-5-4-6-9-13/h4-6,8-9,12,14-15H,7,10-11H2,1-3H3. The fourth-order valence-corrected chi connectivity index (χ4v) is 2.31. The van der Waals surface area contributed by atoms with E-state index in [0.29, 0.717) is 12.0 Å². The summed E-state index contributed by atoms with van der Waals surface area (Å²) in [6, 6.07) is 11.2. The average molecular weight is 237 g/mol. The number of nitrogens with one attached hydrogen (secondary N) is 1. The van der Waals surface area contributed by atoms with E-state index in [9.17, 15) is 0 Å². The third-order valence-electron chi connectivity index (χ3n) is 2.71. The molecule has 0 aliphatic heterocycles. The second-order valence-electron chi connectivity index (χ2n) is 4.43. The van der Waals surface area contributed by atoms with Crippen molar-refractivity contribution in [1.29, 1.82) is 0 Å². The summed E-state index contributed by atoms with van der Waals surface area (Å²) < 4.78 is 0. The highest BCUT2D eigenvalue weighted by atomic mass is 32.2. The van der Waals surface area contributed by atoms with E-state index in [1.807, 2.05) is 11.8 Å². The Morgan fingerprint density at radius 3 is 2.44 bits per heavy atom. The summed E-state index contributed by atoms with van der Waals surface area (Å²) in [5.41, 5.74) is 1.40. The normalized spacial score (nSPS) is 13.0. The molecule has 0 heterocycles. The lowest BCUT2D eigenvalue weighted by Crippen LogP contribution is -2.26. The van der Waals surface area contributed by atoms with Gasteiger partial charge in [-0.2, -0.15) is 11.8 Å². The van der Waals surface area contributed by atoms with Crippen molar-refractivity contribution in [2.24, 2.45) is 5.92 Å². The van der Waals surface area contributed by atoms with E-state index in [2.05, 4.69) is 55.8 Å². The molecule has 0 spiro atoms. The maximum atomic E-state index is 3.66. The summed E-state index contributed by atoms with van der Waals surface area (Å²) in [7, 11) is 0. The van der Waals surface area contributed by atoms with Crippen molar-refractivity contribution in [3.63, 3.8) is 0 Å². The Morgan fingerprint density at radius 1 is 1.19 bits per heavy atom. The lowest BCUT2D eigenvalue weighted by Gasteiger charge is -2.23. The molecular formula is C14H23NS. The molecule has 1 aromatic carbocycles. The molecule has 0 aliphatic rings. The van der Waals surface area contributed by atoms with Crippen LogP contribution in [-0.4, -0.2) is 18.6 Å². The number of hydrogen-bond donors (Lipinski definition) is 1. The Hall–Kier alpha value is -0.470. The van der Waals surface area contributed by atoms with Crippen molar-refractivity contribution in [3.05, 3.63) is 35.9 Å². The van der Waals surface area contributed by atoms with Crippen LogP contribution in [0.5, 0.6) is 0 Å². The van der Waals surface area contributed by atoms with Gasteiger partial charge in [-0.3, -0.25) is 0 Å². The molecule has 1 aromatic rings. The molecule has 0 saturated carbocycles. The van der Waals surface area contributed by atoms with E-state index in [-0.39, 0.29) is 0 Å². The zero-order valence-electron chi connectivity index (χ0n) is 10.6. The second kappa shape index (κ2) is 7.75. The zero-order chi connectivity index (χ0) is 11.8. The predicted octanol–water partition coefficient (Wildman–Crippen LogP) is 3.73. The Labute approximate surface area is 104 Å². The predicted molar refractivity (Wildman–Crippen MR) is 75.0 cm³/mol. The van der Waals surface area contributed by atoms with Crippen molar-refractivity contribution in [1.82, 2.24) is 5.32 Å². The van der Waals surface area contributed by atoms with Gasteiger partial charge in [0.1, 0.15) is 0 Å². The van der Waals surface area contributed by atoms with Gasteiger partial charge in [0.05, 0.1) is 0 Å². The molecule has 16 heavy (non-hydrogen) atoms. The second-order valence-corrected chi connectivity index (χ2v) is 5.42. The molecule has 1 N–H and O–H groups in total. The highest BCUT2D eigenvalue weighted by molar-refractivity contribution is 7.98. The van der Waals surface area contributed by atoms with Crippen LogP contribution in [-0.2, 0) is 0 Å².